The van der Waals surface area contributed by atoms with Crippen molar-refractivity contribution in [2.24, 2.45) is 0 Å². The molecule has 3 N–H and O–H groups in total. The molecular weight excluding hydrogens is 334 g/mol. The maximum absolute atomic E-state index is 12.2. The van der Waals surface area contributed by atoms with Crippen LogP contribution in [0.25, 0.3) is 0 Å². The van der Waals surface area contributed by atoms with Gasteiger partial charge in [-0.3, -0.25) is 9.59 Å². The second-order valence-corrected chi connectivity index (χ2v) is 5.65. The van der Waals surface area contributed by atoms with Crippen LogP contribution in [0.1, 0.15) is 22.8 Å². The largest absolute Gasteiger partial charge is 0.465 e. The molecule has 0 aromatic heterocycles. The van der Waals surface area contributed by atoms with Crippen LogP contribution in [0.4, 0.5) is 17.1 Å². The molecule has 0 heterocycles. The van der Waals surface area contributed by atoms with Gasteiger partial charge in [-0.25, -0.2) is 4.79 Å². The molecule has 0 aliphatic heterocycles. The summed E-state index contributed by atoms with van der Waals surface area (Å²) in [5, 5.41) is 8.42. The first kappa shape index (κ1) is 19.0. The fraction of sp³-hybridized carbons (Fsp3) is 0.211. The summed E-state index contributed by atoms with van der Waals surface area (Å²) >= 11 is 0. The predicted octanol–water partition coefficient (Wildman–Crippen LogP) is 2.79. The summed E-state index contributed by atoms with van der Waals surface area (Å²) in [6.07, 6.45) is 0. The van der Waals surface area contributed by atoms with Gasteiger partial charge in [-0.1, -0.05) is 18.2 Å². The molecule has 0 fully saturated rings. The zero-order valence-electron chi connectivity index (χ0n) is 14.9. The Kier molecular flexibility index (Phi) is 6.32. The van der Waals surface area contributed by atoms with Crippen LogP contribution >= 0.6 is 0 Å². The maximum Gasteiger partial charge on any atom is 0.339 e. The second kappa shape index (κ2) is 8.66. The lowest BCUT2D eigenvalue weighted by atomic mass is 10.1. The molecule has 0 saturated heterocycles. The number of carbonyl (C=O) groups excluding carboxylic acids is 3. The Balaban J connectivity index is 2.04. The standard InChI is InChI=1S/C19H21N3O4/c1-12-8-9-14(21-13(2)23)10-17(12)20-11-18(24)22-16-7-5-4-6-15(16)19(25)26-3/h4-10,20H,11H2,1-3H3,(H,21,23)(H,22,24). The van der Waals surface area contributed by atoms with Crippen molar-refractivity contribution in [3.05, 3.63) is 53.6 Å². The Hall–Kier alpha value is -3.35. The minimum absolute atomic E-state index is 0.000127. The van der Waals surface area contributed by atoms with Crippen LogP contribution in [0, 0.1) is 6.92 Å². The minimum atomic E-state index is -0.521. The molecule has 0 unspecified atom stereocenters. The van der Waals surface area contributed by atoms with E-state index in [2.05, 4.69) is 16.0 Å². The Morgan fingerprint density at radius 3 is 2.42 bits per heavy atom. The lowest BCUT2D eigenvalue weighted by Crippen LogP contribution is -2.23. The summed E-state index contributed by atoms with van der Waals surface area (Å²) < 4.78 is 4.71. The van der Waals surface area contributed by atoms with E-state index in [-0.39, 0.29) is 23.9 Å². The van der Waals surface area contributed by atoms with E-state index in [1.165, 1.54) is 14.0 Å². The highest BCUT2D eigenvalue weighted by Gasteiger charge is 2.13. The van der Waals surface area contributed by atoms with E-state index in [1.807, 2.05) is 13.0 Å². The van der Waals surface area contributed by atoms with Gasteiger partial charge in [-0.15, -0.1) is 0 Å². The van der Waals surface area contributed by atoms with Gasteiger partial charge in [0.05, 0.1) is 24.9 Å². The van der Waals surface area contributed by atoms with Crippen molar-refractivity contribution >= 4 is 34.8 Å². The maximum atomic E-state index is 12.2. The van der Waals surface area contributed by atoms with Gasteiger partial charge in [0, 0.05) is 18.3 Å². The zero-order valence-corrected chi connectivity index (χ0v) is 14.9. The topological polar surface area (TPSA) is 96.5 Å². The number of hydrogen-bond acceptors (Lipinski definition) is 5. The molecule has 0 radical (unpaired) electrons. The Morgan fingerprint density at radius 1 is 1.00 bits per heavy atom. The third-order valence-electron chi connectivity index (χ3n) is 3.60. The fourth-order valence-electron chi connectivity index (χ4n) is 2.34. The van der Waals surface area contributed by atoms with Crippen molar-refractivity contribution < 1.29 is 19.1 Å². The van der Waals surface area contributed by atoms with Gasteiger partial charge < -0.3 is 20.7 Å². The molecule has 2 amide bonds. The SMILES string of the molecule is COC(=O)c1ccccc1NC(=O)CNc1cc(NC(C)=O)ccc1C. The summed E-state index contributed by atoms with van der Waals surface area (Å²) in [5.41, 5.74) is 2.97. The zero-order chi connectivity index (χ0) is 19.1. The highest BCUT2D eigenvalue weighted by Crippen LogP contribution is 2.20. The lowest BCUT2D eigenvalue weighted by Gasteiger charge is -2.13. The number of aryl methyl sites for hydroxylation is 1. The first-order valence-electron chi connectivity index (χ1n) is 8.00. The summed E-state index contributed by atoms with van der Waals surface area (Å²) in [6, 6.07) is 12.0. The van der Waals surface area contributed by atoms with Gasteiger partial charge >= 0.3 is 5.97 Å². The van der Waals surface area contributed by atoms with Crippen molar-refractivity contribution in [2.45, 2.75) is 13.8 Å². The van der Waals surface area contributed by atoms with Crippen LogP contribution in [0.5, 0.6) is 0 Å². The van der Waals surface area contributed by atoms with Crippen molar-refractivity contribution in [3.63, 3.8) is 0 Å². The lowest BCUT2D eigenvalue weighted by molar-refractivity contribution is -0.115. The van der Waals surface area contributed by atoms with Gasteiger partial charge in [0.1, 0.15) is 0 Å². The van der Waals surface area contributed by atoms with Gasteiger partial charge in [0.2, 0.25) is 11.8 Å². The van der Waals surface area contributed by atoms with Crippen molar-refractivity contribution in [2.75, 3.05) is 29.6 Å². The number of hydrogen-bond donors (Lipinski definition) is 3. The number of carbonyl (C=O) groups is 3. The summed E-state index contributed by atoms with van der Waals surface area (Å²) in [6.45, 7) is 3.32. The molecule has 0 atom stereocenters. The third kappa shape index (κ3) is 5.07. The van der Waals surface area contributed by atoms with Crippen LogP contribution in [-0.4, -0.2) is 31.4 Å². The number of anilines is 3. The number of methoxy groups -OCH3 is 1. The number of ether oxygens (including phenoxy) is 1. The first-order chi connectivity index (χ1) is 12.4. The van der Waals surface area contributed by atoms with Crippen LogP contribution in [0.3, 0.4) is 0 Å². The van der Waals surface area contributed by atoms with Gasteiger partial charge in [-0.05, 0) is 36.8 Å². The predicted molar refractivity (Wildman–Crippen MR) is 100 cm³/mol. The first-order valence-corrected chi connectivity index (χ1v) is 8.00. The van der Waals surface area contributed by atoms with E-state index >= 15 is 0 Å². The smallest absolute Gasteiger partial charge is 0.339 e. The van der Waals surface area contributed by atoms with E-state index in [9.17, 15) is 14.4 Å². The molecule has 2 aromatic carbocycles. The molecular formula is C19H21N3O4. The van der Waals surface area contributed by atoms with Crippen molar-refractivity contribution in [3.8, 4) is 0 Å². The average molecular weight is 355 g/mol. The molecule has 0 aliphatic rings. The molecule has 7 heteroatoms. The Bertz CT molecular complexity index is 833. The van der Waals surface area contributed by atoms with E-state index in [1.54, 1.807) is 36.4 Å². The monoisotopic (exact) mass is 355 g/mol. The molecule has 0 bridgehead atoms. The Morgan fingerprint density at radius 2 is 1.73 bits per heavy atom. The average Bonchev–Trinajstić information content (AvgIpc) is 2.61. The van der Waals surface area contributed by atoms with Crippen molar-refractivity contribution in [1.82, 2.24) is 0 Å². The summed E-state index contributed by atoms with van der Waals surface area (Å²) in [7, 11) is 1.29. The molecule has 7 nitrogen and oxygen atoms in total. The number of benzene rings is 2. The molecule has 0 saturated carbocycles. The molecule has 2 aromatic rings. The van der Waals surface area contributed by atoms with E-state index < -0.39 is 5.97 Å². The molecule has 26 heavy (non-hydrogen) atoms. The summed E-state index contributed by atoms with van der Waals surface area (Å²) in [4.78, 5) is 35.1. The number of nitrogens with one attached hydrogen (secondary N) is 3. The second-order valence-electron chi connectivity index (χ2n) is 5.65. The number of amides is 2. The fourth-order valence-corrected chi connectivity index (χ4v) is 2.34. The molecule has 0 spiro atoms. The quantitative estimate of drug-likeness (QED) is 0.693. The van der Waals surface area contributed by atoms with E-state index in [0.29, 0.717) is 11.4 Å². The number of rotatable bonds is 6. The van der Waals surface area contributed by atoms with Crippen LogP contribution in [0.2, 0.25) is 0 Å². The molecule has 0 aliphatic carbocycles. The number of para-hydroxylation sites is 1. The summed E-state index contributed by atoms with van der Waals surface area (Å²) in [5.74, 6) is -1.00. The molecule has 2 rings (SSSR count). The van der Waals surface area contributed by atoms with E-state index in [4.69, 9.17) is 4.74 Å². The minimum Gasteiger partial charge on any atom is -0.465 e. The molecule has 136 valence electrons. The van der Waals surface area contributed by atoms with Gasteiger partial charge in [0.15, 0.2) is 0 Å². The highest BCUT2D eigenvalue weighted by atomic mass is 16.5. The van der Waals surface area contributed by atoms with E-state index in [0.717, 1.165) is 11.3 Å². The number of esters is 1. The van der Waals surface area contributed by atoms with Gasteiger partial charge in [0.25, 0.3) is 0 Å². The van der Waals surface area contributed by atoms with Crippen LogP contribution in [-0.2, 0) is 14.3 Å². The third-order valence-corrected chi connectivity index (χ3v) is 3.60. The van der Waals surface area contributed by atoms with Gasteiger partial charge in [-0.2, -0.15) is 0 Å². The normalized spacial score (nSPS) is 9.96. The highest BCUT2D eigenvalue weighted by molar-refractivity contribution is 6.02. The van der Waals surface area contributed by atoms with Crippen LogP contribution < -0.4 is 16.0 Å². The van der Waals surface area contributed by atoms with Crippen molar-refractivity contribution in [1.29, 1.82) is 0 Å². The van der Waals surface area contributed by atoms with Crippen LogP contribution in [0.15, 0.2) is 42.5 Å². The Labute approximate surface area is 151 Å².